The summed E-state index contributed by atoms with van der Waals surface area (Å²) >= 11 is 0.996. The molecule has 0 aliphatic heterocycles. The minimum Gasteiger partial charge on any atom is -0.347 e. The number of rotatable bonds is 6. The summed E-state index contributed by atoms with van der Waals surface area (Å²) in [4.78, 5) is 29.1. The molecular formula is C18H16N4O4S2. The van der Waals surface area contributed by atoms with Gasteiger partial charge in [-0.2, -0.15) is 0 Å². The molecule has 8 nitrogen and oxygen atoms in total. The molecule has 0 radical (unpaired) electrons. The summed E-state index contributed by atoms with van der Waals surface area (Å²) in [6, 6.07) is 12.8. The fourth-order valence-corrected chi connectivity index (χ4v) is 4.03. The number of hydrogen-bond donors (Lipinski definition) is 3. The number of aromatic nitrogens is 1. The molecule has 0 spiro atoms. The Hall–Kier alpha value is -3.08. The van der Waals surface area contributed by atoms with Crippen LogP contribution < -0.4 is 15.8 Å². The first-order valence-corrected chi connectivity index (χ1v) is 10.4. The smallest absolute Gasteiger partial charge is 0.257 e. The average molecular weight is 416 g/mol. The van der Waals surface area contributed by atoms with Crippen LogP contribution in [0.25, 0.3) is 0 Å². The van der Waals surface area contributed by atoms with E-state index in [-0.39, 0.29) is 22.6 Å². The van der Waals surface area contributed by atoms with Crippen LogP contribution in [-0.4, -0.2) is 25.2 Å². The third-order valence-electron chi connectivity index (χ3n) is 3.65. The molecule has 0 atom stereocenters. The SMILES string of the molecule is NS(=O)(=O)c1ccc(CNC(=O)c2cccc(NC(=O)c3cccnc3)c2)s1. The second kappa shape index (κ2) is 8.30. The van der Waals surface area contributed by atoms with Gasteiger partial charge in [0.15, 0.2) is 0 Å². The van der Waals surface area contributed by atoms with Crippen LogP contribution in [0.2, 0.25) is 0 Å². The molecule has 10 heteroatoms. The molecule has 2 aromatic heterocycles. The topological polar surface area (TPSA) is 131 Å². The number of hydrogen-bond acceptors (Lipinski definition) is 6. The van der Waals surface area contributed by atoms with Crippen molar-refractivity contribution in [3.05, 3.63) is 76.9 Å². The molecule has 144 valence electrons. The lowest BCUT2D eigenvalue weighted by Crippen LogP contribution is -2.22. The van der Waals surface area contributed by atoms with E-state index in [2.05, 4.69) is 15.6 Å². The van der Waals surface area contributed by atoms with Crippen LogP contribution in [-0.2, 0) is 16.6 Å². The molecule has 1 aromatic carbocycles. The van der Waals surface area contributed by atoms with E-state index in [4.69, 9.17) is 5.14 Å². The Morgan fingerprint density at radius 2 is 1.82 bits per heavy atom. The van der Waals surface area contributed by atoms with Crippen molar-refractivity contribution in [1.29, 1.82) is 0 Å². The first-order valence-electron chi connectivity index (χ1n) is 8.04. The number of sulfonamides is 1. The number of amides is 2. The van der Waals surface area contributed by atoms with Crippen LogP contribution >= 0.6 is 11.3 Å². The molecule has 3 rings (SSSR count). The van der Waals surface area contributed by atoms with Gasteiger partial charge in [0.1, 0.15) is 4.21 Å². The Morgan fingerprint density at radius 1 is 1.04 bits per heavy atom. The number of carbonyl (C=O) groups excluding carboxylic acids is 2. The highest BCUT2D eigenvalue weighted by molar-refractivity contribution is 7.91. The summed E-state index contributed by atoms with van der Waals surface area (Å²) in [5.74, 6) is -0.692. The van der Waals surface area contributed by atoms with E-state index in [9.17, 15) is 18.0 Å². The Kier molecular flexibility index (Phi) is 5.83. The van der Waals surface area contributed by atoms with E-state index >= 15 is 0 Å². The van der Waals surface area contributed by atoms with Crippen LogP contribution in [0.4, 0.5) is 5.69 Å². The average Bonchev–Trinajstić information content (AvgIpc) is 3.16. The molecule has 0 unspecified atom stereocenters. The molecule has 0 fully saturated rings. The van der Waals surface area contributed by atoms with Crippen molar-refractivity contribution in [2.45, 2.75) is 10.8 Å². The van der Waals surface area contributed by atoms with Gasteiger partial charge >= 0.3 is 0 Å². The van der Waals surface area contributed by atoms with Crippen LogP contribution in [0, 0.1) is 0 Å². The second-order valence-corrected chi connectivity index (χ2v) is 8.68. The number of benzene rings is 1. The van der Waals surface area contributed by atoms with Gasteiger partial charge in [0.2, 0.25) is 10.0 Å². The van der Waals surface area contributed by atoms with E-state index in [0.717, 1.165) is 11.3 Å². The zero-order chi connectivity index (χ0) is 20.1. The molecule has 3 aromatic rings. The van der Waals surface area contributed by atoms with E-state index in [1.165, 1.54) is 12.3 Å². The van der Waals surface area contributed by atoms with Crippen molar-refractivity contribution in [2.75, 3.05) is 5.32 Å². The third-order valence-corrected chi connectivity index (χ3v) is 6.17. The van der Waals surface area contributed by atoms with Crippen molar-refractivity contribution in [3.8, 4) is 0 Å². The predicted molar refractivity (Wildman–Crippen MR) is 105 cm³/mol. The normalized spacial score (nSPS) is 11.0. The first kappa shape index (κ1) is 19.7. The molecular weight excluding hydrogens is 400 g/mol. The summed E-state index contributed by atoms with van der Waals surface area (Å²) in [7, 11) is -3.75. The number of anilines is 1. The van der Waals surface area contributed by atoms with Crippen molar-refractivity contribution in [2.24, 2.45) is 5.14 Å². The maximum absolute atomic E-state index is 12.4. The van der Waals surface area contributed by atoms with Crippen molar-refractivity contribution in [3.63, 3.8) is 0 Å². The van der Waals surface area contributed by atoms with Crippen LogP contribution in [0.15, 0.2) is 65.1 Å². The number of nitrogens with two attached hydrogens (primary N) is 1. The van der Waals surface area contributed by atoms with Crippen LogP contribution in [0.3, 0.4) is 0 Å². The standard InChI is InChI=1S/C18H16N4O4S2/c19-28(25,26)16-7-6-15(27-16)11-21-17(23)12-3-1-5-14(9-12)22-18(24)13-4-2-8-20-10-13/h1-10H,11H2,(H,21,23)(H,22,24)(H2,19,25,26). The minimum atomic E-state index is -3.75. The number of nitrogens with zero attached hydrogens (tertiary/aromatic N) is 1. The van der Waals surface area contributed by atoms with Gasteiger partial charge < -0.3 is 10.6 Å². The van der Waals surface area contributed by atoms with Gasteiger partial charge in [-0.25, -0.2) is 13.6 Å². The molecule has 28 heavy (non-hydrogen) atoms. The van der Waals surface area contributed by atoms with Gasteiger partial charge in [-0.3, -0.25) is 14.6 Å². The van der Waals surface area contributed by atoms with Crippen LogP contribution in [0.1, 0.15) is 25.6 Å². The third kappa shape index (κ3) is 5.00. The fraction of sp³-hybridized carbons (Fsp3) is 0.0556. The van der Waals surface area contributed by atoms with Crippen molar-refractivity contribution in [1.82, 2.24) is 10.3 Å². The number of carbonyl (C=O) groups is 2. The number of thiophene rings is 1. The highest BCUT2D eigenvalue weighted by atomic mass is 32.2. The summed E-state index contributed by atoms with van der Waals surface area (Å²) < 4.78 is 22.6. The molecule has 0 bridgehead atoms. The molecule has 0 aliphatic rings. The molecule has 4 N–H and O–H groups in total. The van der Waals surface area contributed by atoms with Crippen molar-refractivity contribution < 1.29 is 18.0 Å². The summed E-state index contributed by atoms with van der Waals surface area (Å²) in [5, 5.41) is 10.5. The van der Waals surface area contributed by atoms with E-state index in [1.54, 1.807) is 48.7 Å². The quantitative estimate of drug-likeness (QED) is 0.565. The lowest BCUT2D eigenvalue weighted by molar-refractivity contribution is 0.0950. The van der Waals surface area contributed by atoms with E-state index in [1.807, 2.05) is 0 Å². The maximum Gasteiger partial charge on any atom is 0.257 e. The summed E-state index contributed by atoms with van der Waals surface area (Å²) in [5.41, 5.74) is 1.22. The van der Waals surface area contributed by atoms with Gasteiger partial charge in [0, 0.05) is 28.5 Å². The fourth-order valence-electron chi connectivity index (χ4n) is 2.31. The van der Waals surface area contributed by atoms with Crippen molar-refractivity contribution >= 4 is 38.9 Å². The minimum absolute atomic E-state index is 0.0388. The molecule has 0 aliphatic carbocycles. The number of pyridine rings is 1. The molecule has 2 amide bonds. The number of primary sulfonamides is 1. The number of nitrogens with one attached hydrogen (secondary N) is 2. The Balaban J connectivity index is 1.64. The highest BCUT2D eigenvalue weighted by Crippen LogP contribution is 2.20. The van der Waals surface area contributed by atoms with Gasteiger partial charge in [-0.15, -0.1) is 11.3 Å². The summed E-state index contributed by atoms with van der Waals surface area (Å²) in [6.07, 6.45) is 3.02. The second-order valence-electron chi connectivity index (χ2n) is 5.73. The maximum atomic E-state index is 12.4. The molecule has 0 saturated carbocycles. The first-order chi connectivity index (χ1) is 13.3. The van der Waals surface area contributed by atoms with Crippen LogP contribution in [0.5, 0.6) is 0 Å². The lowest BCUT2D eigenvalue weighted by Gasteiger charge is -2.08. The molecule has 2 heterocycles. The van der Waals surface area contributed by atoms with E-state index in [0.29, 0.717) is 21.7 Å². The Bertz CT molecular complexity index is 1110. The Morgan fingerprint density at radius 3 is 2.50 bits per heavy atom. The zero-order valence-corrected chi connectivity index (χ0v) is 16.1. The largest absolute Gasteiger partial charge is 0.347 e. The van der Waals surface area contributed by atoms with Gasteiger partial charge in [-0.05, 0) is 42.5 Å². The monoisotopic (exact) mass is 416 g/mol. The molecule has 0 saturated heterocycles. The highest BCUT2D eigenvalue weighted by Gasteiger charge is 2.13. The van der Waals surface area contributed by atoms with Gasteiger partial charge in [0.25, 0.3) is 11.8 Å². The van der Waals surface area contributed by atoms with Gasteiger partial charge in [0.05, 0.1) is 12.1 Å². The zero-order valence-electron chi connectivity index (χ0n) is 14.5. The lowest BCUT2D eigenvalue weighted by atomic mass is 10.1. The predicted octanol–water partition coefficient (Wildman–Crippen LogP) is 1.97. The Labute approximate surface area is 165 Å². The van der Waals surface area contributed by atoms with E-state index < -0.39 is 10.0 Å². The summed E-state index contributed by atoms with van der Waals surface area (Å²) in [6.45, 7) is 0.158. The van der Waals surface area contributed by atoms with Gasteiger partial charge in [-0.1, -0.05) is 6.07 Å².